The van der Waals surface area contributed by atoms with E-state index in [0.717, 1.165) is 11.1 Å². The van der Waals surface area contributed by atoms with Crippen LogP contribution in [0, 0.1) is 11.3 Å². The van der Waals surface area contributed by atoms with Gasteiger partial charge in [-0.3, -0.25) is 0 Å². The van der Waals surface area contributed by atoms with Gasteiger partial charge in [0, 0.05) is 5.02 Å². The van der Waals surface area contributed by atoms with E-state index in [1.54, 1.807) is 36.4 Å². The molecule has 3 aromatic carbocycles. The highest BCUT2D eigenvalue weighted by Gasteiger charge is 2.13. The Hall–Kier alpha value is -3.27. The molecule has 32 heavy (non-hydrogen) atoms. The van der Waals surface area contributed by atoms with Crippen LogP contribution in [0.5, 0.6) is 11.5 Å². The second-order valence-electron chi connectivity index (χ2n) is 6.73. The number of carbonyl (C=O) groups is 1. The van der Waals surface area contributed by atoms with E-state index in [0.29, 0.717) is 45.3 Å². The molecule has 0 saturated heterocycles. The molecule has 0 unspecified atom stereocenters. The van der Waals surface area contributed by atoms with Crippen molar-refractivity contribution in [3.8, 4) is 17.6 Å². The quantitative estimate of drug-likeness (QED) is 0.264. The predicted molar refractivity (Wildman–Crippen MR) is 128 cm³/mol. The van der Waals surface area contributed by atoms with Crippen molar-refractivity contribution in [2.75, 3.05) is 6.61 Å². The second kappa shape index (κ2) is 10.9. The third-order valence-electron chi connectivity index (χ3n) is 4.50. The normalized spacial score (nSPS) is 11.0. The van der Waals surface area contributed by atoms with E-state index in [4.69, 9.17) is 26.2 Å². The second-order valence-corrected chi connectivity index (χ2v) is 8.02. The summed E-state index contributed by atoms with van der Waals surface area (Å²) in [6.07, 6.45) is 1.71. The zero-order chi connectivity index (χ0) is 23.1. The van der Waals surface area contributed by atoms with Gasteiger partial charge in [0.25, 0.3) is 0 Å². The minimum atomic E-state index is -1.02. The Morgan fingerprint density at radius 3 is 2.34 bits per heavy atom. The van der Waals surface area contributed by atoms with Crippen molar-refractivity contribution in [1.82, 2.24) is 0 Å². The largest absolute Gasteiger partial charge is 0.490 e. The van der Waals surface area contributed by atoms with Crippen molar-refractivity contribution < 1.29 is 19.4 Å². The van der Waals surface area contributed by atoms with E-state index in [1.165, 1.54) is 12.1 Å². The van der Waals surface area contributed by atoms with E-state index in [1.807, 2.05) is 25.1 Å². The zero-order valence-corrected chi connectivity index (χ0v) is 19.5. The van der Waals surface area contributed by atoms with Crippen LogP contribution in [0.1, 0.15) is 34.0 Å². The third kappa shape index (κ3) is 5.91. The maximum atomic E-state index is 11.1. The van der Waals surface area contributed by atoms with Gasteiger partial charge in [-0.1, -0.05) is 35.9 Å². The monoisotopic (exact) mass is 511 g/mol. The average Bonchev–Trinajstić information content (AvgIpc) is 2.78. The van der Waals surface area contributed by atoms with Crippen molar-refractivity contribution in [3.05, 3.63) is 92.4 Å². The molecule has 7 heteroatoms. The number of aromatic carboxylic acids is 1. The minimum absolute atomic E-state index is 0.162. The number of hydrogen-bond acceptors (Lipinski definition) is 4. The van der Waals surface area contributed by atoms with Gasteiger partial charge < -0.3 is 14.6 Å². The van der Waals surface area contributed by atoms with Crippen LogP contribution < -0.4 is 9.47 Å². The summed E-state index contributed by atoms with van der Waals surface area (Å²) < 4.78 is 12.5. The molecule has 0 saturated carbocycles. The maximum absolute atomic E-state index is 11.1. The number of rotatable bonds is 8. The van der Waals surface area contributed by atoms with Gasteiger partial charge in [-0.2, -0.15) is 5.26 Å². The van der Waals surface area contributed by atoms with E-state index in [2.05, 4.69) is 22.0 Å². The molecule has 0 aliphatic rings. The number of nitrogens with zero attached hydrogens (tertiary/aromatic N) is 1. The van der Waals surface area contributed by atoms with Gasteiger partial charge >= 0.3 is 5.97 Å². The highest BCUT2D eigenvalue weighted by molar-refractivity contribution is 9.10. The minimum Gasteiger partial charge on any atom is -0.490 e. The Labute approximate surface area is 199 Å². The first-order valence-electron chi connectivity index (χ1n) is 9.70. The summed E-state index contributed by atoms with van der Waals surface area (Å²) >= 11 is 9.48. The number of carboxylic acids is 1. The molecule has 0 aromatic heterocycles. The van der Waals surface area contributed by atoms with Crippen LogP contribution in [0.4, 0.5) is 0 Å². The van der Waals surface area contributed by atoms with Crippen LogP contribution in [0.2, 0.25) is 5.02 Å². The molecule has 3 rings (SSSR count). The first-order valence-corrected chi connectivity index (χ1v) is 10.9. The first kappa shape index (κ1) is 23.4. The SMILES string of the molecule is CCOc1cc(/C=C(/C#N)c2ccc(C(=O)O)cc2)cc(Br)c1OCc1ccc(Cl)cc1. The molecular weight excluding hydrogens is 494 g/mol. The van der Waals surface area contributed by atoms with Gasteiger partial charge in [-0.15, -0.1) is 0 Å². The Morgan fingerprint density at radius 2 is 1.75 bits per heavy atom. The Balaban J connectivity index is 1.90. The van der Waals surface area contributed by atoms with Crippen LogP contribution in [-0.2, 0) is 6.61 Å². The van der Waals surface area contributed by atoms with Crippen molar-refractivity contribution in [2.24, 2.45) is 0 Å². The molecule has 1 N–H and O–H groups in total. The van der Waals surface area contributed by atoms with Crippen LogP contribution in [0.25, 0.3) is 11.6 Å². The summed E-state index contributed by atoms with van der Waals surface area (Å²) in [7, 11) is 0. The molecule has 0 bridgehead atoms. The maximum Gasteiger partial charge on any atom is 0.335 e. The number of carboxylic acid groups (broad SMARTS) is 1. The summed E-state index contributed by atoms with van der Waals surface area (Å²) in [6.45, 7) is 2.66. The summed E-state index contributed by atoms with van der Waals surface area (Å²) in [5.74, 6) is 0.0855. The number of halogens is 2. The lowest BCUT2D eigenvalue weighted by Crippen LogP contribution is -2.01. The van der Waals surface area contributed by atoms with Gasteiger partial charge in [-0.25, -0.2) is 4.79 Å². The molecule has 5 nitrogen and oxygen atoms in total. The topological polar surface area (TPSA) is 79.5 Å². The fourth-order valence-corrected chi connectivity index (χ4v) is 3.65. The van der Waals surface area contributed by atoms with Crippen LogP contribution in [0.15, 0.2) is 65.1 Å². The molecule has 0 atom stereocenters. The van der Waals surface area contributed by atoms with Gasteiger partial charge in [0.1, 0.15) is 6.61 Å². The molecule has 162 valence electrons. The van der Waals surface area contributed by atoms with Crippen molar-refractivity contribution in [3.63, 3.8) is 0 Å². The summed E-state index contributed by atoms with van der Waals surface area (Å²) in [6, 6.07) is 19.4. The lowest BCUT2D eigenvalue weighted by atomic mass is 10.0. The van der Waals surface area contributed by atoms with Crippen LogP contribution in [-0.4, -0.2) is 17.7 Å². The molecule has 0 aliphatic carbocycles. The van der Waals surface area contributed by atoms with Gasteiger partial charge in [-0.05, 0) is 82.0 Å². The highest BCUT2D eigenvalue weighted by atomic mass is 79.9. The fraction of sp³-hybridized carbons (Fsp3) is 0.120. The number of benzene rings is 3. The molecule has 0 fully saturated rings. The highest BCUT2D eigenvalue weighted by Crippen LogP contribution is 2.38. The lowest BCUT2D eigenvalue weighted by Gasteiger charge is -2.15. The number of ether oxygens (including phenoxy) is 2. The first-order chi connectivity index (χ1) is 15.4. The summed E-state index contributed by atoms with van der Waals surface area (Å²) in [5.41, 5.74) is 2.87. The molecule has 3 aromatic rings. The van der Waals surface area contributed by atoms with Crippen LogP contribution >= 0.6 is 27.5 Å². The van der Waals surface area contributed by atoms with E-state index >= 15 is 0 Å². The molecule has 0 radical (unpaired) electrons. The molecule has 0 amide bonds. The zero-order valence-electron chi connectivity index (χ0n) is 17.1. The Bertz CT molecular complexity index is 1180. The molecule has 0 spiro atoms. The van der Waals surface area contributed by atoms with Crippen molar-refractivity contribution >= 4 is 45.1 Å². The number of hydrogen-bond donors (Lipinski definition) is 1. The summed E-state index contributed by atoms with van der Waals surface area (Å²) in [5, 5.41) is 19.3. The van der Waals surface area contributed by atoms with E-state index in [-0.39, 0.29) is 5.56 Å². The van der Waals surface area contributed by atoms with Gasteiger partial charge in [0.2, 0.25) is 0 Å². The molecule has 0 aliphatic heterocycles. The lowest BCUT2D eigenvalue weighted by molar-refractivity contribution is 0.0697. The number of nitriles is 1. The summed E-state index contributed by atoms with van der Waals surface area (Å²) in [4.78, 5) is 11.1. The molecular formula is C25H19BrClNO4. The van der Waals surface area contributed by atoms with Crippen molar-refractivity contribution in [2.45, 2.75) is 13.5 Å². The van der Waals surface area contributed by atoms with Gasteiger partial charge in [0.15, 0.2) is 11.5 Å². The van der Waals surface area contributed by atoms with E-state index in [9.17, 15) is 10.1 Å². The third-order valence-corrected chi connectivity index (χ3v) is 5.34. The Morgan fingerprint density at radius 1 is 1.09 bits per heavy atom. The fourth-order valence-electron chi connectivity index (χ4n) is 2.95. The van der Waals surface area contributed by atoms with E-state index < -0.39 is 5.97 Å². The Kier molecular flexibility index (Phi) is 7.93. The van der Waals surface area contributed by atoms with Gasteiger partial charge in [0.05, 0.1) is 28.3 Å². The number of allylic oxidation sites excluding steroid dienone is 1. The molecule has 0 heterocycles. The average molecular weight is 513 g/mol. The smallest absolute Gasteiger partial charge is 0.335 e. The predicted octanol–water partition coefficient (Wildman–Crippen LogP) is 6.84. The van der Waals surface area contributed by atoms with Crippen molar-refractivity contribution in [1.29, 1.82) is 5.26 Å². The standard InChI is InChI=1S/C25H19BrClNO4/c1-2-31-23-13-17(11-20(14-28)18-5-7-19(8-6-18)25(29)30)12-22(26)24(23)32-15-16-3-9-21(27)10-4-16/h3-13H,2,15H2,1H3,(H,29,30)/b20-11-. The van der Waals surface area contributed by atoms with Crippen LogP contribution in [0.3, 0.4) is 0 Å².